The standard InChI is InChI=1S/C17H31N3O/c1-13(2)8-9-20(15-6-7-15)12-16-10-14(19-21-16)11-18-17(3,4)5/h10,13,15,18H,6-9,11-12H2,1-5H3. The first-order chi connectivity index (χ1) is 9.83. The van der Waals surface area contributed by atoms with E-state index in [1.54, 1.807) is 0 Å². The van der Waals surface area contributed by atoms with E-state index in [0.717, 1.165) is 36.5 Å². The van der Waals surface area contributed by atoms with Crippen LogP contribution in [0.25, 0.3) is 0 Å². The minimum atomic E-state index is 0.108. The second kappa shape index (κ2) is 6.93. The number of aromatic nitrogens is 1. The molecule has 2 rings (SSSR count). The van der Waals surface area contributed by atoms with Gasteiger partial charge in [-0.05, 0) is 52.5 Å². The monoisotopic (exact) mass is 293 g/mol. The van der Waals surface area contributed by atoms with Gasteiger partial charge in [0.15, 0.2) is 5.76 Å². The summed E-state index contributed by atoms with van der Waals surface area (Å²) in [5.74, 6) is 1.75. The summed E-state index contributed by atoms with van der Waals surface area (Å²) in [6, 6.07) is 2.87. The number of hydrogen-bond acceptors (Lipinski definition) is 4. The van der Waals surface area contributed by atoms with E-state index >= 15 is 0 Å². The molecule has 0 saturated heterocycles. The number of rotatable bonds is 8. The lowest BCUT2D eigenvalue weighted by molar-refractivity contribution is 0.210. The van der Waals surface area contributed by atoms with Crippen molar-refractivity contribution in [2.75, 3.05) is 6.54 Å². The van der Waals surface area contributed by atoms with Crippen molar-refractivity contribution in [1.82, 2.24) is 15.4 Å². The van der Waals surface area contributed by atoms with Crippen molar-refractivity contribution < 1.29 is 4.52 Å². The van der Waals surface area contributed by atoms with Crippen LogP contribution in [0.5, 0.6) is 0 Å². The second-order valence-corrected chi connectivity index (χ2v) is 7.77. The molecule has 1 heterocycles. The van der Waals surface area contributed by atoms with Crippen LogP contribution in [0, 0.1) is 5.92 Å². The molecule has 120 valence electrons. The molecule has 4 nitrogen and oxygen atoms in total. The van der Waals surface area contributed by atoms with Crippen LogP contribution in [-0.2, 0) is 13.1 Å². The average Bonchev–Trinajstić information content (AvgIpc) is 3.12. The Balaban J connectivity index is 1.84. The van der Waals surface area contributed by atoms with Crippen molar-refractivity contribution in [3.05, 3.63) is 17.5 Å². The zero-order chi connectivity index (χ0) is 15.5. The van der Waals surface area contributed by atoms with Crippen molar-refractivity contribution in [2.24, 2.45) is 5.92 Å². The largest absolute Gasteiger partial charge is 0.360 e. The van der Waals surface area contributed by atoms with E-state index in [1.807, 2.05) is 0 Å². The SMILES string of the molecule is CC(C)CCN(Cc1cc(CNC(C)(C)C)no1)C1CC1. The van der Waals surface area contributed by atoms with Crippen molar-refractivity contribution >= 4 is 0 Å². The molecule has 0 bridgehead atoms. The van der Waals surface area contributed by atoms with Crippen molar-refractivity contribution in [1.29, 1.82) is 0 Å². The highest BCUT2D eigenvalue weighted by Gasteiger charge is 2.29. The summed E-state index contributed by atoms with van der Waals surface area (Å²) in [5.41, 5.74) is 1.11. The zero-order valence-electron chi connectivity index (χ0n) is 14.3. The third kappa shape index (κ3) is 6.18. The molecule has 1 aliphatic carbocycles. The number of nitrogens with zero attached hydrogens (tertiary/aromatic N) is 2. The molecule has 0 aliphatic heterocycles. The molecule has 1 saturated carbocycles. The summed E-state index contributed by atoms with van der Waals surface area (Å²) in [4.78, 5) is 2.56. The first-order valence-electron chi connectivity index (χ1n) is 8.27. The fourth-order valence-corrected chi connectivity index (χ4v) is 2.32. The van der Waals surface area contributed by atoms with E-state index in [1.165, 1.54) is 25.8 Å². The van der Waals surface area contributed by atoms with Gasteiger partial charge in [0, 0.05) is 24.2 Å². The highest BCUT2D eigenvalue weighted by atomic mass is 16.5. The molecular weight excluding hydrogens is 262 g/mol. The molecule has 1 fully saturated rings. The van der Waals surface area contributed by atoms with Gasteiger partial charge in [-0.3, -0.25) is 4.90 Å². The van der Waals surface area contributed by atoms with Crippen LogP contribution in [-0.4, -0.2) is 28.2 Å². The Labute approximate surface area is 129 Å². The summed E-state index contributed by atoms with van der Waals surface area (Å²) < 4.78 is 5.51. The molecule has 1 aliphatic rings. The molecule has 0 amide bonds. The molecule has 0 unspecified atom stereocenters. The minimum Gasteiger partial charge on any atom is -0.360 e. The molecule has 0 aromatic carbocycles. The number of nitrogens with one attached hydrogen (secondary N) is 1. The molecule has 21 heavy (non-hydrogen) atoms. The molecule has 4 heteroatoms. The van der Waals surface area contributed by atoms with E-state index < -0.39 is 0 Å². The van der Waals surface area contributed by atoms with E-state index in [0.29, 0.717) is 0 Å². The van der Waals surface area contributed by atoms with Crippen LogP contribution in [0.4, 0.5) is 0 Å². The third-order valence-corrected chi connectivity index (χ3v) is 3.82. The quantitative estimate of drug-likeness (QED) is 0.795. The van der Waals surface area contributed by atoms with Gasteiger partial charge in [-0.25, -0.2) is 0 Å². The van der Waals surface area contributed by atoms with E-state index in [4.69, 9.17) is 4.52 Å². The van der Waals surface area contributed by atoms with Gasteiger partial charge in [0.25, 0.3) is 0 Å². The zero-order valence-corrected chi connectivity index (χ0v) is 14.3. The Kier molecular flexibility index (Phi) is 5.44. The third-order valence-electron chi connectivity index (χ3n) is 3.82. The Morgan fingerprint density at radius 2 is 2.10 bits per heavy atom. The van der Waals surface area contributed by atoms with Crippen LogP contribution in [0.15, 0.2) is 10.6 Å². The first kappa shape index (κ1) is 16.5. The molecule has 0 radical (unpaired) electrons. The maximum Gasteiger partial charge on any atom is 0.151 e. The van der Waals surface area contributed by atoms with Crippen molar-refractivity contribution in [3.63, 3.8) is 0 Å². The Morgan fingerprint density at radius 3 is 2.67 bits per heavy atom. The van der Waals surface area contributed by atoms with Crippen LogP contribution >= 0.6 is 0 Å². The minimum absolute atomic E-state index is 0.108. The van der Waals surface area contributed by atoms with Crippen LogP contribution in [0.1, 0.15) is 65.3 Å². The normalized spacial score (nSPS) is 16.1. The van der Waals surface area contributed by atoms with Gasteiger partial charge >= 0.3 is 0 Å². The van der Waals surface area contributed by atoms with Crippen molar-refractivity contribution in [3.8, 4) is 0 Å². The Bertz CT molecular complexity index is 429. The highest BCUT2D eigenvalue weighted by molar-refractivity contribution is 5.06. The van der Waals surface area contributed by atoms with E-state index in [9.17, 15) is 0 Å². The summed E-state index contributed by atoms with van der Waals surface area (Å²) in [5, 5.41) is 7.63. The van der Waals surface area contributed by atoms with E-state index in [2.05, 4.69) is 56.1 Å². The molecule has 1 N–H and O–H groups in total. The number of hydrogen-bond donors (Lipinski definition) is 1. The van der Waals surface area contributed by atoms with Gasteiger partial charge < -0.3 is 9.84 Å². The fourth-order valence-electron chi connectivity index (χ4n) is 2.32. The summed E-state index contributed by atoms with van der Waals surface area (Å²) in [7, 11) is 0. The molecular formula is C17H31N3O. The van der Waals surface area contributed by atoms with Gasteiger partial charge in [0.1, 0.15) is 0 Å². The average molecular weight is 293 g/mol. The van der Waals surface area contributed by atoms with Crippen LogP contribution in [0.3, 0.4) is 0 Å². The summed E-state index contributed by atoms with van der Waals surface area (Å²) in [6.07, 6.45) is 3.93. The van der Waals surface area contributed by atoms with Gasteiger partial charge in [0.2, 0.25) is 0 Å². The molecule has 1 aromatic heterocycles. The van der Waals surface area contributed by atoms with E-state index in [-0.39, 0.29) is 5.54 Å². The molecule has 0 atom stereocenters. The maximum atomic E-state index is 5.51. The Morgan fingerprint density at radius 1 is 1.38 bits per heavy atom. The lowest BCUT2D eigenvalue weighted by Crippen LogP contribution is -2.35. The molecule has 1 aromatic rings. The summed E-state index contributed by atoms with van der Waals surface area (Å²) in [6.45, 7) is 13.9. The maximum absolute atomic E-state index is 5.51. The lowest BCUT2D eigenvalue weighted by atomic mass is 10.1. The lowest BCUT2D eigenvalue weighted by Gasteiger charge is -2.21. The fraction of sp³-hybridized carbons (Fsp3) is 0.824. The van der Waals surface area contributed by atoms with Crippen LogP contribution in [0.2, 0.25) is 0 Å². The van der Waals surface area contributed by atoms with Gasteiger partial charge in [-0.15, -0.1) is 0 Å². The van der Waals surface area contributed by atoms with Gasteiger partial charge in [-0.2, -0.15) is 0 Å². The topological polar surface area (TPSA) is 41.3 Å². The highest BCUT2D eigenvalue weighted by Crippen LogP contribution is 2.29. The summed E-state index contributed by atoms with van der Waals surface area (Å²) >= 11 is 0. The van der Waals surface area contributed by atoms with Crippen LogP contribution < -0.4 is 5.32 Å². The smallest absolute Gasteiger partial charge is 0.151 e. The predicted octanol–water partition coefficient (Wildman–Crippen LogP) is 3.57. The first-order valence-corrected chi connectivity index (χ1v) is 8.27. The Hall–Kier alpha value is -0.870. The van der Waals surface area contributed by atoms with Gasteiger partial charge in [0.05, 0.1) is 12.2 Å². The molecule has 0 spiro atoms. The second-order valence-electron chi connectivity index (χ2n) is 7.77. The van der Waals surface area contributed by atoms with Crippen molar-refractivity contribution in [2.45, 2.75) is 78.6 Å². The van der Waals surface area contributed by atoms with Gasteiger partial charge in [-0.1, -0.05) is 19.0 Å². The predicted molar refractivity (Wildman–Crippen MR) is 86.0 cm³/mol.